The molecule has 2 N–H and O–H groups in total. The lowest BCUT2D eigenvalue weighted by Crippen LogP contribution is -2.14. The van der Waals surface area contributed by atoms with Crippen molar-refractivity contribution in [3.05, 3.63) is 71.1 Å². The average molecular weight is 309 g/mol. The summed E-state index contributed by atoms with van der Waals surface area (Å²) in [5.74, 6) is -0.697. The fourth-order valence-electron chi connectivity index (χ4n) is 1.94. The fourth-order valence-corrected chi connectivity index (χ4v) is 1.94. The number of aliphatic hydroxyl groups excluding tert-OH is 1. The highest BCUT2D eigenvalue weighted by Crippen LogP contribution is 2.23. The highest BCUT2D eigenvalue weighted by molar-refractivity contribution is 6.03. The Labute approximate surface area is 135 Å². The molecule has 0 aliphatic rings. The predicted molar refractivity (Wildman–Crippen MR) is 90.8 cm³/mol. The number of para-hydroxylation sites is 1. The molecule has 0 aliphatic heterocycles. The van der Waals surface area contributed by atoms with Crippen molar-refractivity contribution in [1.29, 1.82) is 0 Å². The number of hydrogen-bond acceptors (Lipinski definition) is 4. The van der Waals surface area contributed by atoms with Gasteiger partial charge in [-0.05, 0) is 50.1 Å². The molecule has 0 saturated carbocycles. The molecule has 118 valence electrons. The van der Waals surface area contributed by atoms with Gasteiger partial charge in [0.1, 0.15) is 5.76 Å². The number of nitrogens with one attached hydrogen (secondary N) is 1. The topological polar surface area (TPSA) is 74.0 Å². The van der Waals surface area contributed by atoms with Crippen LogP contribution in [0.2, 0.25) is 0 Å². The third-order valence-electron chi connectivity index (χ3n) is 3.42. The van der Waals surface area contributed by atoms with Crippen molar-refractivity contribution in [1.82, 2.24) is 0 Å². The number of aryl methyl sites for hydroxylation is 1. The molecule has 0 unspecified atom stereocenters. The molecule has 0 atom stereocenters. The number of allylic oxidation sites excluding steroid dienone is 1. The summed E-state index contributed by atoms with van der Waals surface area (Å²) in [6.07, 6.45) is 0. The standard InChI is InChI=1S/C18H19N3O2/c1-12-8-7-11-16(13(12)2)20-21-17(14(3)22)18(23)19-15-9-5-4-6-10-15/h4-11,22H,1-3H3,(H,19,23)/b17-14-,21-20?. The maximum absolute atomic E-state index is 12.2. The van der Waals surface area contributed by atoms with Gasteiger partial charge in [0.05, 0.1) is 5.69 Å². The molecule has 0 heterocycles. The maximum atomic E-state index is 12.2. The first kappa shape index (κ1) is 16.4. The van der Waals surface area contributed by atoms with Gasteiger partial charge < -0.3 is 10.4 Å². The van der Waals surface area contributed by atoms with Crippen LogP contribution < -0.4 is 5.32 Å². The van der Waals surface area contributed by atoms with E-state index in [-0.39, 0.29) is 11.5 Å². The molecule has 0 bridgehead atoms. The Balaban J connectivity index is 2.23. The molecule has 0 aliphatic carbocycles. The van der Waals surface area contributed by atoms with E-state index >= 15 is 0 Å². The Morgan fingerprint density at radius 2 is 1.74 bits per heavy atom. The number of anilines is 1. The molecule has 0 saturated heterocycles. The third-order valence-corrected chi connectivity index (χ3v) is 3.42. The summed E-state index contributed by atoms with van der Waals surface area (Å²) in [5, 5.41) is 20.4. The zero-order valence-electron chi connectivity index (χ0n) is 13.4. The van der Waals surface area contributed by atoms with E-state index in [1.54, 1.807) is 12.1 Å². The zero-order valence-corrected chi connectivity index (χ0v) is 13.4. The van der Waals surface area contributed by atoms with Crippen molar-refractivity contribution < 1.29 is 9.90 Å². The van der Waals surface area contributed by atoms with Crippen molar-refractivity contribution in [3.8, 4) is 0 Å². The molecule has 5 heteroatoms. The Hall–Kier alpha value is -2.95. The smallest absolute Gasteiger partial charge is 0.279 e. The fraction of sp³-hybridized carbons (Fsp3) is 0.167. The van der Waals surface area contributed by atoms with E-state index in [4.69, 9.17) is 0 Å². The van der Waals surface area contributed by atoms with Gasteiger partial charge in [-0.25, -0.2) is 0 Å². The molecule has 5 nitrogen and oxygen atoms in total. The monoisotopic (exact) mass is 309 g/mol. The second kappa shape index (κ2) is 7.35. The number of carbonyl (C=O) groups is 1. The minimum absolute atomic E-state index is 0.116. The van der Waals surface area contributed by atoms with Gasteiger partial charge >= 0.3 is 0 Å². The average Bonchev–Trinajstić information content (AvgIpc) is 2.52. The Morgan fingerprint density at radius 3 is 2.39 bits per heavy atom. The summed E-state index contributed by atoms with van der Waals surface area (Å²) in [7, 11) is 0. The molecule has 0 aromatic heterocycles. The summed E-state index contributed by atoms with van der Waals surface area (Å²) in [5.41, 5.74) is 3.24. The second-order valence-corrected chi connectivity index (χ2v) is 5.17. The van der Waals surface area contributed by atoms with Crippen molar-refractivity contribution in [2.24, 2.45) is 10.2 Å². The number of nitrogens with zero attached hydrogens (tertiary/aromatic N) is 2. The maximum Gasteiger partial charge on any atom is 0.279 e. The number of benzene rings is 2. The molecule has 2 aromatic carbocycles. The first-order valence-electron chi connectivity index (χ1n) is 7.23. The first-order chi connectivity index (χ1) is 11.0. The van der Waals surface area contributed by atoms with E-state index in [1.165, 1.54) is 6.92 Å². The predicted octanol–water partition coefficient (Wildman–Crippen LogP) is 4.82. The van der Waals surface area contributed by atoms with Gasteiger partial charge in [-0.1, -0.05) is 30.3 Å². The van der Waals surface area contributed by atoms with E-state index in [9.17, 15) is 9.90 Å². The molecular formula is C18H19N3O2. The van der Waals surface area contributed by atoms with E-state index < -0.39 is 5.91 Å². The number of amides is 1. The van der Waals surface area contributed by atoms with Gasteiger partial charge in [-0.2, -0.15) is 0 Å². The van der Waals surface area contributed by atoms with Gasteiger partial charge in [-0.15, -0.1) is 10.2 Å². The van der Waals surface area contributed by atoms with Gasteiger partial charge in [0.25, 0.3) is 5.91 Å². The summed E-state index contributed by atoms with van der Waals surface area (Å²) in [6, 6.07) is 14.6. The molecule has 23 heavy (non-hydrogen) atoms. The van der Waals surface area contributed by atoms with E-state index in [1.807, 2.05) is 50.2 Å². The number of azo groups is 1. The Kier molecular flexibility index (Phi) is 5.25. The summed E-state index contributed by atoms with van der Waals surface area (Å²) in [4.78, 5) is 12.2. The molecule has 0 spiro atoms. The SMILES string of the molecule is C/C(O)=C(/N=Nc1cccc(C)c1C)C(=O)Nc1ccccc1. The third kappa shape index (κ3) is 4.26. The van der Waals surface area contributed by atoms with Crippen LogP contribution in [-0.2, 0) is 4.79 Å². The molecular weight excluding hydrogens is 290 g/mol. The van der Waals surface area contributed by atoms with E-state index in [0.717, 1.165) is 11.1 Å². The molecule has 1 amide bonds. The van der Waals surface area contributed by atoms with E-state index in [2.05, 4.69) is 15.5 Å². The minimum Gasteiger partial charge on any atom is -0.510 e. The summed E-state index contributed by atoms with van der Waals surface area (Å²) in [6.45, 7) is 5.31. The largest absolute Gasteiger partial charge is 0.510 e. The van der Waals surface area contributed by atoms with Crippen molar-refractivity contribution in [3.63, 3.8) is 0 Å². The quantitative estimate of drug-likeness (QED) is 0.483. The van der Waals surface area contributed by atoms with Gasteiger partial charge in [0, 0.05) is 5.69 Å². The molecule has 0 radical (unpaired) electrons. The Morgan fingerprint density at radius 1 is 1.04 bits per heavy atom. The zero-order chi connectivity index (χ0) is 16.8. The van der Waals surface area contributed by atoms with Crippen LogP contribution in [0.25, 0.3) is 0 Å². The van der Waals surface area contributed by atoms with Crippen molar-refractivity contribution in [2.75, 3.05) is 5.32 Å². The van der Waals surface area contributed by atoms with Crippen LogP contribution in [0.4, 0.5) is 11.4 Å². The lowest BCUT2D eigenvalue weighted by molar-refractivity contribution is -0.113. The number of aliphatic hydroxyl groups is 1. The molecule has 2 aromatic rings. The van der Waals surface area contributed by atoms with Crippen molar-refractivity contribution in [2.45, 2.75) is 20.8 Å². The van der Waals surface area contributed by atoms with Crippen LogP contribution in [0.3, 0.4) is 0 Å². The van der Waals surface area contributed by atoms with Crippen LogP contribution in [0, 0.1) is 13.8 Å². The number of rotatable bonds is 4. The molecule has 2 rings (SSSR count). The molecule has 0 fully saturated rings. The summed E-state index contributed by atoms with van der Waals surface area (Å²) < 4.78 is 0. The lowest BCUT2D eigenvalue weighted by Gasteiger charge is -2.06. The first-order valence-corrected chi connectivity index (χ1v) is 7.23. The number of carbonyl (C=O) groups excluding carboxylic acids is 1. The van der Waals surface area contributed by atoms with Crippen LogP contribution in [0.1, 0.15) is 18.1 Å². The Bertz CT molecular complexity index is 761. The number of hydrogen-bond donors (Lipinski definition) is 2. The van der Waals surface area contributed by atoms with Gasteiger partial charge in [0.15, 0.2) is 5.70 Å². The lowest BCUT2D eigenvalue weighted by atomic mass is 10.1. The van der Waals surface area contributed by atoms with E-state index in [0.29, 0.717) is 11.4 Å². The van der Waals surface area contributed by atoms with Gasteiger partial charge in [-0.3, -0.25) is 4.79 Å². The van der Waals surface area contributed by atoms with Gasteiger partial charge in [0.2, 0.25) is 0 Å². The van der Waals surface area contributed by atoms with Crippen molar-refractivity contribution >= 4 is 17.3 Å². The van der Waals surface area contributed by atoms with Crippen LogP contribution in [0.15, 0.2) is 70.2 Å². The van der Waals surface area contributed by atoms with Crippen LogP contribution in [0.5, 0.6) is 0 Å². The van der Waals surface area contributed by atoms with Crippen LogP contribution >= 0.6 is 0 Å². The minimum atomic E-state index is -0.509. The van der Waals surface area contributed by atoms with Crippen LogP contribution in [-0.4, -0.2) is 11.0 Å². The normalized spacial score (nSPS) is 12.1. The highest BCUT2D eigenvalue weighted by Gasteiger charge is 2.13. The highest BCUT2D eigenvalue weighted by atomic mass is 16.3. The second-order valence-electron chi connectivity index (χ2n) is 5.17. The summed E-state index contributed by atoms with van der Waals surface area (Å²) >= 11 is 0.